The van der Waals surface area contributed by atoms with Gasteiger partial charge in [-0.3, -0.25) is 9.59 Å². The number of aromatic hydroxyl groups is 1. The van der Waals surface area contributed by atoms with Gasteiger partial charge in [-0.15, -0.1) is 0 Å². The molecule has 0 saturated carbocycles. The Balaban J connectivity index is 2.97. The Morgan fingerprint density at radius 2 is 2.20 bits per heavy atom. The third kappa shape index (κ3) is 3.16. The summed E-state index contributed by atoms with van der Waals surface area (Å²) in [5.41, 5.74) is 0.650. The maximum absolute atomic E-state index is 10.6. The number of hydrogen-bond donors (Lipinski definition) is 2. The van der Waals surface area contributed by atoms with Crippen molar-refractivity contribution >= 4 is 12.3 Å². The van der Waals surface area contributed by atoms with Crippen molar-refractivity contribution < 1.29 is 19.8 Å². The van der Waals surface area contributed by atoms with Gasteiger partial charge >= 0.3 is 5.97 Å². The highest BCUT2D eigenvalue weighted by Gasteiger charge is 1.99. The number of rotatable bonds is 2. The Morgan fingerprint density at radius 1 is 1.47 bits per heavy atom. The summed E-state index contributed by atoms with van der Waals surface area (Å²) >= 11 is 0. The predicted octanol–water partition coefficient (Wildman–Crippen LogP) is 1.03. The highest BCUT2D eigenvalue weighted by molar-refractivity contribution is 5.80. The molecule has 4 nitrogen and oxygen atoms in total. The second kappa shape index (κ2) is 4.82. The molecule has 0 aliphatic heterocycles. The van der Waals surface area contributed by atoms with Crippen LogP contribution in [0.1, 0.15) is 22.3 Å². The Hall–Kier alpha value is -2.28. The minimum Gasteiger partial charge on any atom is -0.508 e. The molecule has 0 aliphatic carbocycles. The Kier molecular flexibility index (Phi) is 3.47. The molecule has 1 aromatic rings. The second-order valence-electron chi connectivity index (χ2n) is 2.76. The topological polar surface area (TPSA) is 74.6 Å². The van der Waals surface area contributed by atoms with E-state index in [1.165, 1.54) is 18.2 Å². The number of aldehydes is 1. The molecule has 0 bridgehead atoms. The Morgan fingerprint density at radius 3 is 2.80 bits per heavy atom. The second-order valence-corrected chi connectivity index (χ2v) is 2.76. The molecule has 15 heavy (non-hydrogen) atoms. The zero-order valence-corrected chi connectivity index (χ0v) is 7.73. The number of phenols is 1. The van der Waals surface area contributed by atoms with Crippen LogP contribution in [0.4, 0.5) is 0 Å². The molecule has 0 atom stereocenters. The normalized spacial score (nSPS) is 8.80. The highest BCUT2D eigenvalue weighted by atomic mass is 16.4. The zero-order chi connectivity index (χ0) is 11.3. The number of benzene rings is 1. The summed E-state index contributed by atoms with van der Waals surface area (Å²) in [6.45, 7) is 0. The first kappa shape index (κ1) is 10.8. The van der Waals surface area contributed by atoms with E-state index in [4.69, 9.17) is 10.2 Å². The minimum absolute atomic E-state index is 0.0270. The summed E-state index contributed by atoms with van der Waals surface area (Å²) in [7, 11) is 0. The Labute approximate surface area is 86.2 Å². The van der Waals surface area contributed by atoms with Gasteiger partial charge < -0.3 is 10.2 Å². The molecule has 0 aliphatic rings. The number of hydrogen-bond acceptors (Lipinski definition) is 3. The van der Waals surface area contributed by atoms with Crippen LogP contribution in [0.15, 0.2) is 18.2 Å². The number of carbonyl (C=O) groups is 2. The van der Waals surface area contributed by atoms with Crippen molar-refractivity contribution in [2.75, 3.05) is 0 Å². The summed E-state index contributed by atoms with van der Waals surface area (Å²) in [5, 5.41) is 17.4. The van der Waals surface area contributed by atoms with E-state index < -0.39 is 5.97 Å². The lowest BCUT2D eigenvalue weighted by molar-refractivity contribution is -0.135. The van der Waals surface area contributed by atoms with Gasteiger partial charge in [0.25, 0.3) is 0 Å². The molecule has 2 N–H and O–H groups in total. The molecule has 4 heteroatoms. The fraction of sp³-hybridized carbons (Fsp3) is 0.0909. The van der Waals surface area contributed by atoms with E-state index in [1.807, 2.05) is 0 Å². The van der Waals surface area contributed by atoms with Gasteiger partial charge in [-0.2, -0.15) is 0 Å². The third-order valence-corrected chi connectivity index (χ3v) is 1.62. The molecular formula is C11H8O4. The van der Waals surface area contributed by atoms with Crippen LogP contribution in [0.5, 0.6) is 5.75 Å². The van der Waals surface area contributed by atoms with Gasteiger partial charge in [0.05, 0.1) is 0 Å². The van der Waals surface area contributed by atoms with Crippen molar-refractivity contribution in [3.63, 3.8) is 0 Å². The van der Waals surface area contributed by atoms with E-state index in [-0.39, 0.29) is 17.7 Å². The summed E-state index contributed by atoms with van der Waals surface area (Å²) < 4.78 is 0. The fourth-order valence-corrected chi connectivity index (χ4v) is 0.976. The standard InChI is InChI=1S/C11H8O4/c12-7-9-6-10(13)5-4-8(9)2-1-3-11(14)15/h4-7,13H,3H2,(H,14,15). The largest absolute Gasteiger partial charge is 0.508 e. The predicted molar refractivity (Wildman–Crippen MR) is 52.6 cm³/mol. The molecule has 0 aromatic heterocycles. The molecule has 76 valence electrons. The summed E-state index contributed by atoms with van der Waals surface area (Å²) in [6, 6.07) is 4.13. The van der Waals surface area contributed by atoms with Gasteiger partial charge in [-0.05, 0) is 18.2 Å². The molecule has 0 fully saturated rings. The van der Waals surface area contributed by atoms with Crippen molar-refractivity contribution in [1.29, 1.82) is 0 Å². The molecule has 0 heterocycles. The number of aliphatic carboxylic acids is 1. The quantitative estimate of drug-likeness (QED) is 0.557. The monoisotopic (exact) mass is 204 g/mol. The molecule has 0 saturated heterocycles. The highest BCUT2D eigenvalue weighted by Crippen LogP contribution is 2.13. The number of carbonyl (C=O) groups excluding carboxylic acids is 1. The molecule has 0 radical (unpaired) electrons. The van der Waals surface area contributed by atoms with Gasteiger partial charge in [0.15, 0.2) is 6.29 Å². The first-order valence-corrected chi connectivity index (χ1v) is 4.12. The first-order chi connectivity index (χ1) is 7.13. The van der Waals surface area contributed by atoms with Crippen molar-refractivity contribution in [3.05, 3.63) is 29.3 Å². The minimum atomic E-state index is -1.02. The number of phenolic OH excluding ortho intramolecular Hbond substituents is 1. The van der Waals surface area contributed by atoms with E-state index in [9.17, 15) is 9.59 Å². The van der Waals surface area contributed by atoms with Gasteiger partial charge in [-0.1, -0.05) is 11.8 Å². The average Bonchev–Trinajstić information content (AvgIpc) is 2.19. The Bertz CT molecular complexity index is 451. The van der Waals surface area contributed by atoms with Crippen LogP contribution < -0.4 is 0 Å². The molecule has 1 rings (SSSR count). The molecule has 0 unspecified atom stereocenters. The van der Waals surface area contributed by atoms with Gasteiger partial charge in [0.1, 0.15) is 12.2 Å². The van der Waals surface area contributed by atoms with Gasteiger partial charge in [-0.25, -0.2) is 0 Å². The fourth-order valence-electron chi connectivity index (χ4n) is 0.976. The van der Waals surface area contributed by atoms with Crippen molar-refractivity contribution in [2.24, 2.45) is 0 Å². The van der Waals surface area contributed by atoms with Crippen LogP contribution in [0.3, 0.4) is 0 Å². The number of carboxylic acids is 1. The smallest absolute Gasteiger partial charge is 0.315 e. The maximum Gasteiger partial charge on any atom is 0.315 e. The summed E-state index contributed by atoms with van der Waals surface area (Å²) in [6.07, 6.45) is 0.281. The summed E-state index contributed by atoms with van der Waals surface area (Å²) in [5.74, 6) is 3.91. The van der Waals surface area contributed by atoms with Crippen LogP contribution in [0.25, 0.3) is 0 Å². The molecule has 1 aromatic carbocycles. The first-order valence-electron chi connectivity index (χ1n) is 4.12. The van der Waals surface area contributed by atoms with Gasteiger partial charge in [0, 0.05) is 11.1 Å². The lowest BCUT2D eigenvalue weighted by Gasteiger charge is -1.96. The third-order valence-electron chi connectivity index (χ3n) is 1.62. The van der Waals surface area contributed by atoms with Crippen molar-refractivity contribution in [1.82, 2.24) is 0 Å². The van der Waals surface area contributed by atoms with Crippen LogP contribution >= 0.6 is 0 Å². The van der Waals surface area contributed by atoms with Crippen molar-refractivity contribution in [3.8, 4) is 17.6 Å². The van der Waals surface area contributed by atoms with E-state index in [0.29, 0.717) is 11.8 Å². The lowest BCUT2D eigenvalue weighted by atomic mass is 10.1. The molecule has 0 spiro atoms. The average molecular weight is 204 g/mol. The van der Waals surface area contributed by atoms with Gasteiger partial charge in [0.2, 0.25) is 0 Å². The van der Waals surface area contributed by atoms with Crippen LogP contribution in [-0.4, -0.2) is 22.5 Å². The van der Waals surface area contributed by atoms with E-state index in [2.05, 4.69) is 11.8 Å². The van der Waals surface area contributed by atoms with E-state index >= 15 is 0 Å². The maximum atomic E-state index is 10.6. The van der Waals surface area contributed by atoms with Crippen molar-refractivity contribution in [2.45, 2.75) is 6.42 Å². The molecular weight excluding hydrogens is 196 g/mol. The summed E-state index contributed by atoms with van der Waals surface area (Å²) in [4.78, 5) is 20.8. The molecule has 0 amide bonds. The SMILES string of the molecule is O=Cc1cc(O)ccc1C#CCC(=O)O. The van der Waals surface area contributed by atoms with E-state index in [0.717, 1.165) is 0 Å². The van der Waals surface area contributed by atoms with Crippen LogP contribution in [0.2, 0.25) is 0 Å². The van der Waals surface area contributed by atoms with E-state index in [1.54, 1.807) is 0 Å². The zero-order valence-electron chi connectivity index (χ0n) is 7.73. The lowest BCUT2D eigenvalue weighted by Crippen LogP contribution is -1.91. The van der Waals surface area contributed by atoms with Crippen LogP contribution in [-0.2, 0) is 4.79 Å². The number of carboxylic acid groups (broad SMARTS) is 1. The van der Waals surface area contributed by atoms with Crippen LogP contribution in [0, 0.1) is 11.8 Å².